The molecule has 0 radical (unpaired) electrons. The van der Waals surface area contributed by atoms with Gasteiger partial charge in [0.05, 0.1) is 16.5 Å². The molecule has 4 nitrogen and oxygen atoms in total. The third-order valence-electron chi connectivity index (χ3n) is 3.88. The topological polar surface area (TPSA) is 58.6 Å². The molecule has 0 aromatic heterocycles. The summed E-state index contributed by atoms with van der Waals surface area (Å²) in [5.41, 5.74) is 2.23. The molecular formula is C15H18BrNO3. The summed E-state index contributed by atoms with van der Waals surface area (Å²) in [4.78, 5) is 11.1. The molecule has 2 aliphatic rings. The Labute approximate surface area is 126 Å². The van der Waals surface area contributed by atoms with Crippen molar-refractivity contribution >= 4 is 21.9 Å². The minimum Gasteiger partial charge on any atom is -0.489 e. The second-order valence-electron chi connectivity index (χ2n) is 5.71. The van der Waals surface area contributed by atoms with Gasteiger partial charge in [-0.25, -0.2) is 0 Å². The van der Waals surface area contributed by atoms with E-state index in [9.17, 15) is 4.79 Å². The molecule has 1 aromatic carbocycles. The molecule has 2 fully saturated rings. The van der Waals surface area contributed by atoms with Crippen LogP contribution in [0.2, 0.25) is 0 Å². The van der Waals surface area contributed by atoms with E-state index in [1.165, 1.54) is 0 Å². The van der Waals surface area contributed by atoms with Gasteiger partial charge in [-0.3, -0.25) is 4.79 Å². The number of ether oxygens (including phenoxy) is 1. The molecule has 1 aliphatic heterocycles. The van der Waals surface area contributed by atoms with E-state index in [1.807, 2.05) is 13.0 Å². The van der Waals surface area contributed by atoms with E-state index < -0.39 is 5.97 Å². The molecule has 1 aromatic rings. The lowest BCUT2D eigenvalue weighted by atomic mass is 9.98. The number of carboxylic acids is 1. The van der Waals surface area contributed by atoms with Crippen LogP contribution in [0, 0.1) is 12.8 Å². The summed E-state index contributed by atoms with van der Waals surface area (Å²) in [6.45, 7) is 2.56. The third kappa shape index (κ3) is 2.83. The van der Waals surface area contributed by atoms with Crippen LogP contribution >= 0.6 is 15.9 Å². The molecule has 1 heterocycles. The molecule has 3 rings (SSSR count). The molecule has 0 bridgehead atoms. The summed E-state index contributed by atoms with van der Waals surface area (Å²) >= 11 is 3.58. The first-order valence-electron chi connectivity index (χ1n) is 6.97. The van der Waals surface area contributed by atoms with Crippen LogP contribution in [0.4, 0.5) is 0 Å². The van der Waals surface area contributed by atoms with Gasteiger partial charge >= 0.3 is 5.97 Å². The van der Waals surface area contributed by atoms with E-state index in [4.69, 9.17) is 9.84 Å². The number of carbonyl (C=O) groups is 1. The van der Waals surface area contributed by atoms with Gasteiger partial charge in [0.25, 0.3) is 0 Å². The van der Waals surface area contributed by atoms with Crippen LogP contribution in [0.3, 0.4) is 0 Å². The summed E-state index contributed by atoms with van der Waals surface area (Å²) in [7, 11) is 0. The van der Waals surface area contributed by atoms with Gasteiger partial charge in [0.15, 0.2) is 0 Å². The van der Waals surface area contributed by atoms with Crippen molar-refractivity contribution < 1.29 is 14.6 Å². The van der Waals surface area contributed by atoms with Crippen LogP contribution < -0.4 is 10.1 Å². The number of carboxylic acid groups (broad SMARTS) is 1. The monoisotopic (exact) mass is 339 g/mol. The van der Waals surface area contributed by atoms with E-state index in [1.54, 1.807) is 0 Å². The molecule has 1 saturated carbocycles. The molecular weight excluding hydrogens is 322 g/mol. The van der Waals surface area contributed by atoms with Crippen LogP contribution in [0.5, 0.6) is 5.75 Å². The molecule has 1 saturated heterocycles. The maximum absolute atomic E-state index is 11.1. The molecule has 2 unspecified atom stereocenters. The number of rotatable bonds is 4. The number of benzene rings is 1. The summed E-state index contributed by atoms with van der Waals surface area (Å²) in [6, 6.07) is 4.20. The Kier molecular flexibility index (Phi) is 3.73. The molecule has 0 amide bonds. The Balaban J connectivity index is 1.89. The maximum Gasteiger partial charge on any atom is 0.307 e. The van der Waals surface area contributed by atoms with Gasteiger partial charge in [-0.05, 0) is 53.7 Å². The third-order valence-corrected chi connectivity index (χ3v) is 4.47. The van der Waals surface area contributed by atoms with Crippen LogP contribution in [0.1, 0.15) is 36.4 Å². The highest BCUT2D eigenvalue weighted by atomic mass is 79.9. The van der Waals surface area contributed by atoms with E-state index in [2.05, 4.69) is 27.3 Å². The van der Waals surface area contributed by atoms with Gasteiger partial charge in [0.1, 0.15) is 5.75 Å². The zero-order valence-electron chi connectivity index (χ0n) is 11.4. The zero-order chi connectivity index (χ0) is 14.3. The fourth-order valence-electron chi connectivity index (χ4n) is 2.65. The summed E-state index contributed by atoms with van der Waals surface area (Å²) in [5, 5.41) is 12.4. The Morgan fingerprint density at radius 2 is 2.20 bits per heavy atom. The van der Waals surface area contributed by atoms with Crippen LogP contribution in [-0.4, -0.2) is 23.7 Å². The van der Waals surface area contributed by atoms with E-state index >= 15 is 0 Å². The van der Waals surface area contributed by atoms with Crippen LogP contribution in [0.15, 0.2) is 16.6 Å². The highest BCUT2D eigenvalue weighted by molar-refractivity contribution is 9.10. The highest BCUT2D eigenvalue weighted by Crippen LogP contribution is 2.41. The van der Waals surface area contributed by atoms with E-state index in [0.717, 1.165) is 34.2 Å². The second-order valence-corrected chi connectivity index (χ2v) is 6.57. The number of halogens is 1. The Morgan fingerprint density at radius 1 is 1.45 bits per heavy atom. The molecule has 5 heteroatoms. The summed E-state index contributed by atoms with van der Waals surface area (Å²) in [6.07, 6.45) is 3.15. The fourth-order valence-corrected chi connectivity index (χ4v) is 3.34. The molecule has 2 atom stereocenters. The lowest BCUT2D eigenvalue weighted by Gasteiger charge is -2.19. The zero-order valence-corrected chi connectivity index (χ0v) is 12.9. The SMILES string of the molecule is Cc1cc(Br)c(OC2CC2)c(C2CC(C(=O)O)CN2)c1. The highest BCUT2D eigenvalue weighted by Gasteiger charge is 2.33. The van der Waals surface area contributed by atoms with Crippen molar-refractivity contribution in [3.63, 3.8) is 0 Å². The average molecular weight is 340 g/mol. The van der Waals surface area contributed by atoms with Crippen LogP contribution in [-0.2, 0) is 4.79 Å². The van der Waals surface area contributed by atoms with Gasteiger partial charge in [0, 0.05) is 18.2 Å². The van der Waals surface area contributed by atoms with E-state index in [0.29, 0.717) is 19.1 Å². The second kappa shape index (κ2) is 5.37. The van der Waals surface area contributed by atoms with Crippen molar-refractivity contribution in [1.82, 2.24) is 5.32 Å². The Hall–Kier alpha value is -1.07. The lowest BCUT2D eigenvalue weighted by Crippen LogP contribution is -2.17. The van der Waals surface area contributed by atoms with Crippen molar-refractivity contribution in [2.24, 2.45) is 5.92 Å². The Bertz CT molecular complexity index is 542. The molecule has 108 valence electrons. The molecule has 2 N–H and O–H groups in total. The first-order chi connectivity index (χ1) is 9.54. The number of nitrogens with one attached hydrogen (secondary N) is 1. The van der Waals surface area contributed by atoms with Gasteiger partial charge in [-0.15, -0.1) is 0 Å². The average Bonchev–Trinajstić information content (AvgIpc) is 3.05. The predicted molar refractivity (Wildman–Crippen MR) is 79.0 cm³/mol. The van der Waals surface area contributed by atoms with Gasteiger partial charge in [-0.1, -0.05) is 6.07 Å². The quantitative estimate of drug-likeness (QED) is 0.885. The summed E-state index contributed by atoms with van der Waals surface area (Å²) in [5.74, 6) is -0.161. The lowest BCUT2D eigenvalue weighted by molar-refractivity contribution is -0.141. The van der Waals surface area contributed by atoms with Crippen molar-refractivity contribution in [2.75, 3.05) is 6.54 Å². The van der Waals surface area contributed by atoms with Crippen molar-refractivity contribution in [2.45, 2.75) is 38.3 Å². The predicted octanol–water partition coefficient (Wildman–Crippen LogP) is 3.03. The number of aliphatic carboxylic acids is 1. The largest absolute Gasteiger partial charge is 0.489 e. The molecule has 1 aliphatic carbocycles. The standard InChI is InChI=1S/C15H18BrNO3/c1-8-4-11(13-6-9(7-17-13)15(18)19)14(12(16)5-8)20-10-2-3-10/h4-5,9-10,13,17H,2-3,6-7H2,1H3,(H,18,19). The molecule has 20 heavy (non-hydrogen) atoms. The van der Waals surface area contributed by atoms with Crippen molar-refractivity contribution in [3.05, 3.63) is 27.7 Å². The van der Waals surface area contributed by atoms with Gasteiger partial charge < -0.3 is 15.2 Å². The minimum atomic E-state index is -0.726. The molecule has 0 spiro atoms. The van der Waals surface area contributed by atoms with Crippen molar-refractivity contribution in [1.29, 1.82) is 0 Å². The Morgan fingerprint density at radius 3 is 2.80 bits per heavy atom. The number of hydrogen-bond donors (Lipinski definition) is 2. The number of aryl methyl sites for hydroxylation is 1. The van der Waals surface area contributed by atoms with Crippen LogP contribution in [0.25, 0.3) is 0 Å². The summed E-state index contributed by atoms with van der Waals surface area (Å²) < 4.78 is 6.97. The number of hydrogen-bond acceptors (Lipinski definition) is 3. The smallest absolute Gasteiger partial charge is 0.307 e. The van der Waals surface area contributed by atoms with Crippen molar-refractivity contribution in [3.8, 4) is 5.75 Å². The first-order valence-corrected chi connectivity index (χ1v) is 7.77. The van der Waals surface area contributed by atoms with Gasteiger partial charge in [-0.2, -0.15) is 0 Å². The normalized spacial score (nSPS) is 25.7. The fraction of sp³-hybridized carbons (Fsp3) is 0.533. The van der Waals surface area contributed by atoms with Gasteiger partial charge in [0.2, 0.25) is 0 Å². The first kappa shape index (κ1) is 13.9. The maximum atomic E-state index is 11.1. The van der Waals surface area contributed by atoms with E-state index in [-0.39, 0.29) is 12.0 Å². The minimum absolute atomic E-state index is 0.0565.